The van der Waals surface area contributed by atoms with E-state index in [-0.39, 0.29) is 0 Å². The van der Waals surface area contributed by atoms with Gasteiger partial charge in [-0.05, 0) is 33.2 Å². The Labute approximate surface area is 75.3 Å². The van der Waals surface area contributed by atoms with Gasteiger partial charge in [0.2, 0.25) is 0 Å². The van der Waals surface area contributed by atoms with Gasteiger partial charge >= 0.3 is 0 Å². The van der Waals surface area contributed by atoms with Gasteiger partial charge in [-0.25, -0.2) is 0 Å². The van der Waals surface area contributed by atoms with Gasteiger partial charge in [-0.3, -0.25) is 4.90 Å². The molecule has 0 aromatic rings. The molecule has 2 nitrogen and oxygen atoms in total. The average molecular weight is 168 g/mol. The Balaban J connectivity index is 2.00. The summed E-state index contributed by atoms with van der Waals surface area (Å²) >= 11 is 0. The molecule has 2 fully saturated rings. The number of fused-ring (bicyclic) bond motifs is 1. The largest absolute Gasteiger partial charge is 0.301 e. The molecule has 0 radical (unpaired) electrons. The van der Waals surface area contributed by atoms with Crippen LogP contribution in [0.1, 0.15) is 33.1 Å². The topological polar surface area (TPSA) is 15.3 Å². The summed E-state index contributed by atoms with van der Waals surface area (Å²) in [5, 5.41) is 3.54. The van der Waals surface area contributed by atoms with E-state index >= 15 is 0 Å². The summed E-state index contributed by atoms with van der Waals surface area (Å²) in [4.78, 5) is 2.63. The van der Waals surface area contributed by atoms with Gasteiger partial charge in [0.05, 0.1) is 6.17 Å². The Morgan fingerprint density at radius 1 is 1.33 bits per heavy atom. The maximum absolute atomic E-state index is 3.54. The first-order valence-electron chi connectivity index (χ1n) is 5.28. The minimum Gasteiger partial charge on any atom is -0.301 e. The second-order valence-corrected chi connectivity index (χ2v) is 4.44. The van der Waals surface area contributed by atoms with Crippen molar-refractivity contribution in [3.8, 4) is 0 Å². The monoisotopic (exact) mass is 168 g/mol. The Morgan fingerprint density at radius 3 is 2.75 bits per heavy atom. The lowest BCUT2D eigenvalue weighted by atomic mass is 9.93. The first-order valence-corrected chi connectivity index (χ1v) is 5.28. The van der Waals surface area contributed by atoms with E-state index in [1.54, 1.807) is 0 Å². The lowest BCUT2D eigenvalue weighted by Gasteiger charge is -2.45. The fraction of sp³-hybridized carbons (Fsp3) is 1.00. The number of hydrogen-bond acceptors (Lipinski definition) is 2. The van der Waals surface area contributed by atoms with Crippen LogP contribution in [0.2, 0.25) is 0 Å². The Bertz CT molecular complexity index is 156. The molecule has 2 aliphatic heterocycles. The molecule has 2 heteroatoms. The highest BCUT2D eigenvalue weighted by molar-refractivity contribution is 4.91. The van der Waals surface area contributed by atoms with Crippen molar-refractivity contribution < 1.29 is 0 Å². The fourth-order valence-electron chi connectivity index (χ4n) is 2.46. The number of nitrogens with one attached hydrogen (secondary N) is 1. The predicted molar refractivity (Wildman–Crippen MR) is 51.0 cm³/mol. The zero-order valence-electron chi connectivity index (χ0n) is 8.21. The van der Waals surface area contributed by atoms with E-state index in [0.717, 1.165) is 5.92 Å². The van der Waals surface area contributed by atoms with Crippen LogP contribution in [0.4, 0.5) is 0 Å². The molecular weight excluding hydrogens is 148 g/mol. The van der Waals surface area contributed by atoms with Crippen molar-refractivity contribution in [2.75, 3.05) is 13.1 Å². The maximum atomic E-state index is 3.54. The maximum Gasteiger partial charge on any atom is 0.0640 e. The van der Waals surface area contributed by atoms with Gasteiger partial charge in [-0.1, -0.05) is 6.42 Å². The van der Waals surface area contributed by atoms with Gasteiger partial charge in [0.15, 0.2) is 0 Å². The quantitative estimate of drug-likeness (QED) is 0.637. The van der Waals surface area contributed by atoms with Crippen LogP contribution in [0.15, 0.2) is 0 Å². The molecule has 2 rings (SSSR count). The highest BCUT2D eigenvalue weighted by atomic mass is 15.3. The SMILES string of the molecule is CC(C)N1CCCCC2CNC21. The van der Waals surface area contributed by atoms with Crippen molar-refractivity contribution in [1.82, 2.24) is 10.2 Å². The summed E-state index contributed by atoms with van der Waals surface area (Å²) in [6.45, 7) is 7.17. The van der Waals surface area contributed by atoms with Crippen molar-refractivity contribution in [3.05, 3.63) is 0 Å². The molecule has 0 aromatic carbocycles. The summed E-state index contributed by atoms with van der Waals surface area (Å²) in [5.74, 6) is 0.954. The molecule has 2 aliphatic rings. The highest BCUT2D eigenvalue weighted by Gasteiger charge is 2.36. The first kappa shape index (κ1) is 8.52. The van der Waals surface area contributed by atoms with Crippen LogP contribution in [-0.2, 0) is 0 Å². The molecule has 2 saturated heterocycles. The van der Waals surface area contributed by atoms with Crippen molar-refractivity contribution in [1.29, 1.82) is 0 Å². The molecule has 0 aromatic heterocycles. The molecule has 0 amide bonds. The van der Waals surface area contributed by atoms with Crippen LogP contribution in [0.5, 0.6) is 0 Å². The van der Waals surface area contributed by atoms with Crippen molar-refractivity contribution >= 4 is 0 Å². The smallest absolute Gasteiger partial charge is 0.0640 e. The van der Waals surface area contributed by atoms with Gasteiger partial charge < -0.3 is 5.32 Å². The molecule has 0 spiro atoms. The number of likely N-dealkylation sites (tertiary alicyclic amines) is 1. The Kier molecular flexibility index (Phi) is 2.37. The minimum absolute atomic E-state index is 0.711. The number of rotatable bonds is 1. The van der Waals surface area contributed by atoms with Crippen molar-refractivity contribution in [2.24, 2.45) is 5.92 Å². The highest BCUT2D eigenvalue weighted by Crippen LogP contribution is 2.28. The Morgan fingerprint density at radius 2 is 2.17 bits per heavy atom. The molecule has 2 unspecified atom stereocenters. The lowest BCUT2D eigenvalue weighted by Crippen LogP contribution is -2.62. The van der Waals surface area contributed by atoms with Crippen LogP contribution in [0, 0.1) is 5.92 Å². The Hall–Kier alpha value is -0.0800. The van der Waals surface area contributed by atoms with E-state index in [0.29, 0.717) is 12.2 Å². The zero-order chi connectivity index (χ0) is 8.55. The van der Waals surface area contributed by atoms with Crippen molar-refractivity contribution in [3.63, 3.8) is 0 Å². The van der Waals surface area contributed by atoms with E-state index in [4.69, 9.17) is 0 Å². The summed E-state index contributed by atoms with van der Waals surface area (Å²) < 4.78 is 0. The van der Waals surface area contributed by atoms with Crippen LogP contribution in [-0.4, -0.2) is 30.2 Å². The molecule has 1 N–H and O–H groups in total. The number of nitrogens with zero attached hydrogens (tertiary/aromatic N) is 1. The molecule has 12 heavy (non-hydrogen) atoms. The third-order valence-electron chi connectivity index (χ3n) is 3.30. The molecule has 2 heterocycles. The van der Waals surface area contributed by atoms with Crippen LogP contribution < -0.4 is 5.32 Å². The molecular formula is C10H20N2. The van der Waals surface area contributed by atoms with E-state index in [9.17, 15) is 0 Å². The summed E-state index contributed by atoms with van der Waals surface area (Å²) in [5.41, 5.74) is 0. The summed E-state index contributed by atoms with van der Waals surface area (Å²) in [6, 6.07) is 0.711. The lowest BCUT2D eigenvalue weighted by molar-refractivity contribution is 0.0347. The minimum atomic E-state index is 0.711. The van der Waals surface area contributed by atoms with E-state index in [1.165, 1.54) is 32.4 Å². The van der Waals surface area contributed by atoms with E-state index < -0.39 is 0 Å². The van der Waals surface area contributed by atoms with Crippen LogP contribution >= 0.6 is 0 Å². The van der Waals surface area contributed by atoms with Crippen LogP contribution in [0.25, 0.3) is 0 Å². The predicted octanol–water partition coefficient (Wildman–Crippen LogP) is 1.43. The van der Waals surface area contributed by atoms with E-state index in [1.807, 2.05) is 0 Å². The third kappa shape index (κ3) is 1.38. The summed E-state index contributed by atoms with van der Waals surface area (Å²) in [6.07, 6.45) is 4.99. The van der Waals surface area contributed by atoms with Gasteiger partial charge in [0.25, 0.3) is 0 Å². The van der Waals surface area contributed by atoms with Gasteiger partial charge in [0.1, 0.15) is 0 Å². The van der Waals surface area contributed by atoms with Crippen molar-refractivity contribution in [2.45, 2.75) is 45.3 Å². The molecule has 2 atom stereocenters. The van der Waals surface area contributed by atoms with Crippen LogP contribution in [0.3, 0.4) is 0 Å². The standard InChI is InChI=1S/C10H20N2/c1-8(2)12-6-4-3-5-9-7-11-10(9)12/h8-11H,3-7H2,1-2H3. The molecule has 0 saturated carbocycles. The van der Waals surface area contributed by atoms with E-state index in [2.05, 4.69) is 24.1 Å². The van der Waals surface area contributed by atoms with Gasteiger partial charge in [0, 0.05) is 18.5 Å². The fourth-order valence-corrected chi connectivity index (χ4v) is 2.46. The second-order valence-electron chi connectivity index (χ2n) is 4.44. The average Bonchev–Trinajstić information content (AvgIpc) is 2.10. The van der Waals surface area contributed by atoms with Gasteiger partial charge in [-0.15, -0.1) is 0 Å². The summed E-state index contributed by atoms with van der Waals surface area (Å²) in [7, 11) is 0. The molecule has 0 aliphatic carbocycles. The third-order valence-corrected chi connectivity index (χ3v) is 3.30. The molecule has 0 bridgehead atoms. The van der Waals surface area contributed by atoms with Gasteiger partial charge in [-0.2, -0.15) is 0 Å². The molecule has 70 valence electrons. The normalized spacial score (nSPS) is 37.2. The zero-order valence-corrected chi connectivity index (χ0v) is 8.21. The second kappa shape index (κ2) is 3.35. The number of hydrogen-bond donors (Lipinski definition) is 1. The first-order chi connectivity index (χ1) is 5.79.